The molecule has 1 rings (SSSR count). The van der Waals surface area contributed by atoms with E-state index in [9.17, 15) is 4.79 Å². The van der Waals surface area contributed by atoms with Gasteiger partial charge in [-0.05, 0) is 18.6 Å². The van der Waals surface area contributed by atoms with Gasteiger partial charge in [0.1, 0.15) is 12.7 Å². The summed E-state index contributed by atoms with van der Waals surface area (Å²) in [5, 5.41) is 0. The molecule has 0 aliphatic rings. The minimum Gasteiger partial charge on any atom is -0.457 e. The molecule has 0 heterocycles. The van der Waals surface area contributed by atoms with Crippen LogP contribution in [0, 0.1) is 0 Å². The Hall–Kier alpha value is -1.87. The molecule has 0 amide bonds. The predicted molar refractivity (Wildman–Crippen MR) is 72.0 cm³/mol. The van der Waals surface area contributed by atoms with Crippen LogP contribution in [0.5, 0.6) is 0 Å². The molecule has 96 valence electrons. The second-order valence-corrected chi connectivity index (χ2v) is 3.77. The van der Waals surface area contributed by atoms with Gasteiger partial charge in [-0.2, -0.15) is 0 Å². The van der Waals surface area contributed by atoms with Crippen molar-refractivity contribution in [2.45, 2.75) is 13.0 Å². The first kappa shape index (κ1) is 14.2. The van der Waals surface area contributed by atoms with Gasteiger partial charge in [0.25, 0.3) is 0 Å². The molecule has 0 radical (unpaired) electrons. The average molecular weight is 246 g/mol. The molecule has 0 N–H and O–H groups in total. The van der Waals surface area contributed by atoms with Gasteiger partial charge in [-0.3, -0.25) is 0 Å². The van der Waals surface area contributed by atoms with Crippen LogP contribution in [0.4, 0.5) is 0 Å². The Balaban J connectivity index is 2.32. The maximum Gasteiger partial charge on any atom is 0.332 e. The third kappa shape index (κ3) is 6.01. The van der Waals surface area contributed by atoms with E-state index in [0.29, 0.717) is 6.61 Å². The van der Waals surface area contributed by atoms with Crippen molar-refractivity contribution in [3.05, 3.63) is 54.6 Å². The molecule has 3 heteroatoms. The lowest BCUT2D eigenvalue weighted by Gasteiger charge is -2.08. The van der Waals surface area contributed by atoms with Gasteiger partial charge in [0.2, 0.25) is 0 Å². The highest BCUT2D eigenvalue weighted by molar-refractivity contribution is 5.71. The zero-order valence-electron chi connectivity index (χ0n) is 10.5. The summed E-state index contributed by atoms with van der Waals surface area (Å²) in [7, 11) is 0. The number of hydrogen-bond acceptors (Lipinski definition) is 3. The number of rotatable bonds is 7. The molecule has 1 unspecified atom stereocenters. The van der Waals surface area contributed by atoms with E-state index in [1.165, 1.54) is 0 Å². The van der Waals surface area contributed by atoms with Crippen molar-refractivity contribution in [3.63, 3.8) is 0 Å². The fourth-order valence-corrected chi connectivity index (χ4v) is 1.32. The van der Waals surface area contributed by atoms with Crippen LogP contribution in [0.15, 0.2) is 49.1 Å². The number of esters is 1. The van der Waals surface area contributed by atoms with Crippen LogP contribution in [0.2, 0.25) is 0 Å². The Morgan fingerprint density at radius 2 is 2.11 bits per heavy atom. The summed E-state index contributed by atoms with van der Waals surface area (Å²) < 4.78 is 10.1. The third-order valence-corrected chi connectivity index (χ3v) is 2.13. The summed E-state index contributed by atoms with van der Waals surface area (Å²) in [5.41, 5.74) is 1.07. The van der Waals surface area contributed by atoms with Gasteiger partial charge in [0, 0.05) is 0 Å². The maximum absolute atomic E-state index is 11.3. The van der Waals surface area contributed by atoms with Crippen molar-refractivity contribution in [3.8, 4) is 0 Å². The van der Waals surface area contributed by atoms with E-state index in [2.05, 4.69) is 6.58 Å². The lowest BCUT2D eigenvalue weighted by atomic mass is 10.2. The number of benzene rings is 1. The summed E-state index contributed by atoms with van der Waals surface area (Å²) in [6.07, 6.45) is 5.07. The first-order chi connectivity index (χ1) is 8.72. The minimum absolute atomic E-state index is 0.0461. The summed E-state index contributed by atoms with van der Waals surface area (Å²) in [6, 6.07) is 9.84. The van der Waals surface area contributed by atoms with E-state index in [0.717, 1.165) is 5.56 Å². The van der Waals surface area contributed by atoms with E-state index in [1.54, 1.807) is 6.08 Å². The quantitative estimate of drug-likeness (QED) is 0.421. The third-order valence-electron chi connectivity index (χ3n) is 2.13. The Bertz CT molecular complexity index is 395. The summed E-state index contributed by atoms with van der Waals surface area (Å²) >= 11 is 0. The van der Waals surface area contributed by atoms with Crippen molar-refractivity contribution >= 4 is 12.0 Å². The molecule has 0 fully saturated rings. The van der Waals surface area contributed by atoms with Gasteiger partial charge in [0.05, 0.1) is 6.61 Å². The van der Waals surface area contributed by atoms with Crippen LogP contribution in [-0.4, -0.2) is 25.3 Å². The molecular formula is C15H18O3. The molecule has 1 atom stereocenters. The van der Waals surface area contributed by atoms with Gasteiger partial charge in [-0.1, -0.05) is 42.5 Å². The SMILES string of the molecule is C=CCOCC(=O)OC(C)/C=C/c1ccccc1. The van der Waals surface area contributed by atoms with Gasteiger partial charge < -0.3 is 9.47 Å². The van der Waals surface area contributed by atoms with Crippen molar-refractivity contribution in [1.82, 2.24) is 0 Å². The summed E-state index contributed by atoms with van der Waals surface area (Å²) in [6.45, 7) is 5.61. The Kier molecular flexibility index (Phi) is 6.51. The molecule has 18 heavy (non-hydrogen) atoms. The first-order valence-electron chi connectivity index (χ1n) is 5.83. The molecule has 3 nitrogen and oxygen atoms in total. The molecule has 0 aliphatic carbocycles. The van der Waals surface area contributed by atoms with E-state index >= 15 is 0 Å². The maximum atomic E-state index is 11.3. The van der Waals surface area contributed by atoms with Crippen LogP contribution in [-0.2, 0) is 14.3 Å². The first-order valence-corrected chi connectivity index (χ1v) is 5.83. The van der Waals surface area contributed by atoms with Crippen LogP contribution >= 0.6 is 0 Å². The summed E-state index contributed by atoms with van der Waals surface area (Å²) in [5.74, 6) is -0.373. The molecule has 0 saturated heterocycles. The number of carbonyl (C=O) groups is 1. The van der Waals surface area contributed by atoms with Crippen LogP contribution in [0.1, 0.15) is 12.5 Å². The monoisotopic (exact) mass is 246 g/mol. The zero-order valence-corrected chi connectivity index (χ0v) is 10.5. The van der Waals surface area contributed by atoms with E-state index in [-0.39, 0.29) is 18.7 Å². The molecule has 0 saturated carbocycles. The van der Waals surface area contributed by atoms with E-state index < -0.39 is 0 Å². The zero-order chi connectivity index (χ0) is 13.2. The molecular weight excluding hydrogens is 228 g/mol. The van der Waals surface area contributed by atoms with Crippen LogP contribution in [0.3, 0.4) is 0 Å². The normalized spacial score (nSPS) is 12.3. The standard InChI is InChI=1S/C15H18O3/c1-3-11-17-12-15(16)18-13(2)9-10-14-7-5-4-6-8-14/h3-10,13H,1,11-12H2,2H3/b10-9+. The largest absolute Gasteiger partial charge is 0.457 e. The molecule has 0 spiro atoms. The van der Waals surface area contributed by atoms with Gasteiger partial charge in [0.15, 0.2) is 0 Å². The van der Waals surface area contributed by atoms with Gasteiger partial charge in [-0.15, -0.1) is 6.58 Å². The number of carbonyl (C=O) groups excluding carboxylic acids is 1. The lowest BCUT2D eigenvalue weighted by Crippen LogP contribution is -2.17. The van der Waals surface area contributed by atoms with Gasteiger partial charge >= 0.3 is 5.97 Å². The predicted octanol–water partition coefficient (Wildman–Crippen LogP) is 2.83. The Morgan fingerprint density at radius 1 is 1.39 bits per heavy atom. The van der Waals surface area contributed by atoms with Crippen molar-refractivity contribution in [2.75, 3.05) is 13.2 Å². The second kappa shape index (κ2) is 8.25. The summed E-state index contributed by atoms with van der Waals surface area (Å²) in [4.78, 5) is 11.3. The fraction of sp³-hybridized carbons (Fsp3) is 0.267. The van der Waals surface area contributed by atoms with Crippen molar-refractivity contribution < 1.29 is 14.3 Å². The van der Waals surface area contributed by atoms with E-state index in [1.807, 2.05) is 49.4 Å². The second-order valence-electron chi connectivity index (χ2n) is 3.77. The van der Waals surface area contributed by atoms with Crippen molar-refractivity contribution in [2.24, 2.45) is 0 Å². The Labute approximate surface area is 108 Å². The number of ether oxygens (including phenoxy) is 2. The fourth-order valence-electron chi connectivity index (χ4n) is 1.32. The minimum atomic E-state index is -0.373. The van der Waals surface area contributed by atoms with E-state index in [4.69, 9.17) is 9.47 Å². The molecule has 0 bridgehead atoms. The van der Waals surface area contributed by atoms with Crippen LogP contribution < -0.4 is 0 Å². The molecule has 1 aromatic rings. The average Bonchev–Trinajstić information content (AvgIpc) is 2.38. The lowest BCUT2D eigenvalue weighted by molar-refractivity contribution is -0.151. The molecule has 0 aromatic heterocycles. The molecule has 0 aliphatic heterocycles. The highest BCUT2D eigenvalue weighted by Gasteiger charge is 2.06. The van der Waals surface area contributed by atoms with Crippen LogP contribution in [0.25, 0.3) is 6.08 Å². The molecule has 1 aromatic carbocycles. The van der Waals surface area contributed by atoms with Crippen molar-refractivity contribution in [1.29, 1.82) is 0 Å². The highest BCUT2D eigenvalue weighted by atomic mass is 16.6. The Morgan fingerprint density at radius 3 is 2.78 bits per heavy atom. The topological polar surface area (TPSA) is 35.5 Å². The number of hydrogen-bond donors (Lipinski definition) is 0. The highest BCUT2D eigenvalue weighted by Crippen LogP contribution is 2.03. The van der Waals surface area contributed by atoms with Gasteiger partial charge in [-0.25, -0.2) is 4.79 Å². The smallest absolute Gasteiger partial charge is 0.332 e.